The van der Waals surface area contributed by atoms with Gasteiger partial charge >= 0.3 is 5.97 Å². The van der Waals surface area contributed by atoms with E-state index >= 15 is 0 Å². The number of aromatic nitrogens is 2. The number of fused-ring (bicyclic) bond motifs is 1. The number of carbonyl (C=O) groups excluding carboxylic acids is 1. The van der Waals surface area contributed by atoms with E-state index in [1.165, 1.54) is 17.1 Å². The molecule has 1 saturated carbocycles. The van der Waals surface area contributed by atoms with Gasteiger partial charge in [-0.25, -0.2) is 0 Å². The molecule has 1 heterocycles. The molecular weight excluding hydrogens is 236 g/mol. The molecule has 5 heteroatoms. The highest BCUT2D eigenvalue weighted by Crippen LogP contribution is 2.50. The molecule has 1 fully saturated rings. The van der Waals surface area contributed by atoms with Crippen molar-refractivity contribution in [3.05, 3.63) is 23.8 Å². The number of nitrogens with zero attached hydrogens (tertiary/aromatic N) is 2. The molecule has 88 valence electrons. The predicted octanol–water partition coefficient (Wildman–Crippen LogP) is 2.36. The second-order valence-electron chi connectivity index (χ2n) is 4.17. The van der Waals surface area contributed by atoms with E-state index in [9.17, 15) is 4.79 Å². The first-order valence-corrected chi connectivity index (χ1v) is 6.46. The Balaban J connectivity index is 1.87. The van der Waals surface area contributed by atoms with Crippen LogP contribution < -0.4 is 0 Å². The first-order chi connectivity index (χ1) is 8.31. The van der Waals surface area contributed by atoms with E-state index in [4.69, 9.17) is 4.74 Å². The maximum Gasteiger partial charge on any atom is 0.309 e. The average molecular weight is 248 g/mol. The van der Waals surface area contributed by atoms with E-state index in [2.05, 4.69) is 15.7 Å². The van der Waals surface area contributed by atoms with Crippen LogP contribution >= 0.6 is 11.5 Å². The van der Waals surface area contributed by atoms with Crippen LogP contribution in [0.5, 0.6) is 0 Å². The third-order valence-electron chi connectivity index (χ3n) is 3.08. The average Bonchev–Trinajstić information content (AvgIpc) is 2.98. The monoisotopic (exact) mass is 248 g/mol. The van der Waals surface area contributed by atoms with Gasteiger partial charge in [-0.15, -0.1) is 5.10 Å². The summed E-state index contributed by atoms with van der Waals surface area (Å²) in [4.78, 5) is 11.6. The summed E-state index contributed by atoms with van der Waals surface area (Å²) >= 11 is 1.40. The van der Waals surface area contributed by atoms with Gasteiger partial charge in [-0.1, -0.05) is 16.6 Å². The van der Waals surface area contributed by atoms with Crippen LogP contribution in [0.25, 0.3) is 10.2 Å². The molecule has 1 aromatic carbocycles. The van der Waals surface area contributed by atoms with Crippen molar-refractivity contribution in [1.82, 2.24) is 9.59 Å². The minimum Gasteiger partial charge on any atom is -0.466 e. The van der Waals surface area contributed by atoms with Crippen molar-refractivity contribution in [3.63, 3.8) is 0 Å². The van der Waals surface area contributed by atoms with E-state index in [-0.39, 0.29) is 11.9 Å². The minimum atomic E-state index is -0.0769. The summed E-state index contributed by atoms with van der Waals surface area (Å²) in [6, 6.07) is 5.98. The first kappa shape index (κ1) is 10.7. The van der Waals surface area contributed by atoms with Crippen molar-refractivity contribution in [2.45, 2.75) is 19.3 Å². The highest BCUT2D eigenvalue weighted by Gasteiger charge is 2.46. The topological polar surface area (TPSA) is 52.1 Å². The van der Waals surface area contributed by atoms with Crippen molar-refractivity contribution in [3.8, 4) is 0 Å². The lowest BCUT2D eigenvalue weighted by Gasteiger charge is -2.01. The van der Waals surface area contributed by atoms with Crippen LogP contribution in [0.2, 0.25) is 0 Å². The molecule has 0 aliphatic heterocycles. The molecule has 1 aliphatic rings. The highest BCUT2D eigenvalue weighted by molar-refractivity contribution is 7.13. The molecule has 0 bridgehead atoms. The van der Waals surface area contributed by atoms with Crippen LogP contribution in [0.15, 0.2) is 18.2 Å². The molecule has 1 aliphatic carbocycles. The number of esters is 1. The van der Waals surface area contributed by atoms with E-state index < -0.39 is 0 Å². The molecule has 0 radical (unpaired) electrons. The quantitative estimate of drug-likeness (QED) is 0.782. The zero-order valence-electron chi connectivity index (χ0n) is 9.42. The zero-order valence-corrected chi connectivity index (χ0v) is 10.2. The molecule has 0 N–H and O–H groups in total. The largest absolute Gasteiger partial charge is 0.466 e. The van der Waals surface area contributed by atoms with Gasteiger partial charge in [-0.3, -0.25) is 4.79 Å². The fourth-order valence-corrected chi connectivity index (χ4v) is 2.90. The standard InChI is InChI=1S/C12H12N2O2S/c1-2-16-12(15)9-6-8(9)7-4-3-5-10-11(7)17-14-13-10/h3-5,8-9H,2,6H2,1H3. The van der Waals surface area contributed by atoms with Crippen molar-refractivity contribution in [2.24, 2.45) is 5.92 Å². The molecule has 0 amide bonds. The van der Waals surface area contributed by atoms with Gasteiger partial charge in [0.15, 0.2) is 0 Å². The summed E-state index contributed by atoms with van der Waals surface area (Å²) in [6.45, 7) is 2.29. The second kappa shape index (κ2) is 4.07. The van der Waals surface area contributed by atoms with Gasteiger partial charge in [0.2, 0.25) is 0 Å². The molecule has 0 saturated heterocycles. The van der Waals surface area contributed by atoms with Gasteiger partial charge in [-0.2, -0.15) is 0 Å². The van der Waals surface area contributed by atoms with Crippen LogP contribution in [0.1, 0.15) is 24.8 Å². The van der Waals surface area contributed by atoms with Gasteiger partial charge < -0.3 is 4.74 Å². The first-order valence-electron chi connectivity index (χ1n) is 5.69. The van der Waals surface area contributed by atoms with E-state index in [1.807, 2.05) is 19.1 Å². The fourth-order valence-electron chi connectivity index (χ4n) is 2.17. The number of carbonyl (C=O) groups is 1. The Labute approximate surface area is 103 Å². The lowest BCUT2D eigenvalue weighted by molar-refractivity contribution is -0.144. The lowest BCUT2D eigenvalue weighted by atomic mass is 10.1. The van der Waals surface area contributed by atoms with Gasteiger partial charge in [-0.05, 0) is 42.4 Å². The fraction of sp³-hybridized carbons (Fsp3) is 0.417. The summed E-state index contributed by atoms with van der Waals surface area (Å²) in [6.07, 6.45) is 0.885. The summed E-state index contributed by atoms with van der Waals surface area (Å²) < 4.78 is 10.1. The smallest absolute Gasteiger partial charge is 0.309 e. The number of benzene rings is 1. The third kappa shape index (κ3) is 1.80. The summed E-state index contributed by atoms with van der Waals surface area (Å²) in [5, 5.41) is 4.05. The van der Waals surface area contributed by atoms with E-state index in [0.29, 0.717) is 12.5 Å². The van der Waals surface area contributed by atoms with Crippen LogP contribution in [-0.2, 0) is 9.53 Å². The molecule has 2 atom stereocenters. The summed E-state index contributed by atoms with van der Waals surface area (Å²) in [5.41, 5.74) is 2.11. The molecule has 2 aromatic rings. The molecule has 4 nitrogen and oxygen atoms in total. The highest BCUT2D eigenvalue weighted by atomic mass is 32.1. The molecular formula is C12H12N2O2S. The molecule has 2 unspecified atom stereocenters. The number of rotatable bonds is 3. The van der Waals surface area contributed by atoms with Crippen LogP contribution in [0.4, 0.5) is 0 Å². The van der Waals surface area contributed by atoms with Crippen molar-refractivity contribution in [2.75, 3.05) is 6.61 Å². The normalized spacial score (nSPS) is 22.6. The Morgan fingerprint density at radius 1 is 1.59 bits per heavy atom. The Morgan fingerprint density at radius 2 is 2.47 bits per heavy atom. The molecule has 17 heavy (non-hydrogen) atoms. The molecule has 0 spiro atoms. The van der Waals surface area contributed by atoms with Crippen LogP contribution in [0, 0.1) is 5.92 Å². The maximum absolute atomic E-state index is 11.6. The van der Waals surface area contributed by atoms with Crippen LogP contribution in [-0.4, -0.2) is 22.2 Å². The van der Waals surface area contributed by atoms with E-state index in [0.717, 1.165) is 16.6 Å². The maximum atomic E-state index is 11.6. The number of hydrogen-bond acceptors (Lipinski definition) is 5. The lowest BCUT2D eigenvalue weighted by Crippen LogP contribution is -2.07. The van der Waals surface area contributed by atoms with Crippen molar-refractivity contribution in [1.29, 1.82) is 0 Å². The van der Waals surface area contributed by atoms with Gasteiger partial charge in [0.05, 0.1) is 17.2 Å². The molecule has 1 aromatic heterocycles. The number of hydrogen-bond donors (Lipinski definition) is 0. The predicted molar refractivity (Wildman–Crippen MR) is 64.9 cm³/mol. The molecule has 3 rings (SSSR count). The van der Waals surface area contributed by atoms with Gasteiger partial charge in [0.1, 0.15) is 5.52 Å². The summed E-state index contributed by atoms with van der Waals surface area (Å²) in [7, 11) is 0. The van der Waals surface area contributed by atoms with Crippen molar-refractivity contribution >= 4 is 27.7 Å². The van der Waals surface area contributed by atoms with Gasteiger partial charge in [0, 0.05) is 0 Å². The Bertz CT molecular complexity index is 566. The van der Waals surface area contributed by atoms with Gasteiger partial charge in [0.25, 0.3) is 0 Å². The second-order valence-corrected chi connectivity index (χ2v) is 4.92. The van der Waals surface area contributed by atoms with Crippen LogP contribution in [0.3, 0.4) is 0 Å². The summed E-state index contributed by atoms with van der Waals surface area (Å²) in [5.74, 6) is 0.245. The Morgan fingerprint density at radius 3 is 3.29 bits per heavy atom. The van der Waals surface area contributed by atoms with Crippen molar-refractivity contribution < 1.29 is 9.53 Å². The zero-order chi connectivity index (χ0) is 11.8. The SMILES string of the molecule is CCOC(=O)C1CC1c1cccc2nnsc12. The Hall–Kier alpha value is -1.49. The number of ether oxygens (including phenoxy) is 1. The Kier molecular flexibility index (Phi) is 2.55. The minimum absolute atomic E-state index is 0.0302. The van der Waals surface area contributed by atoms with E-state index in [1.54, 1.807) is 0 Å². The third-order valence-corrected chi connectivity index (χ3v) is 3.88.